The van der Waals surface area contributed by atoms with Crippen molar-refractivity contribution in [1.82, 2.24) is 9.79 Å². The lowest BCUT2D eigenvalue weighted by Gasteiger charge is -2.29. The second-order valence-corrected chi connectivity index (χ2v) is 3.83. The molecule has 15 heavy (non-hydrogen) atoms. The van der Waals surface area contributed by atoms with E-state index >= 15 is 0 Å². The highest BCUT2D eigenvalue weighted by Crippen LogP contribution is 2.38. The fourth-order valence-corrected chi connectivity index (χ4v) is 1.99. The predicted octanol–water partition coefficient (Wildman–Crippen LogP) is 1.40. The molecule has 1 aliphatic rings. The van der Waals surface area contributed by atoms with Crippen LogP contribution in [0.2, 0.25) is 0 Å². The predicted molar refractivity (Wildman–Crippen MR) is 55.7 cm³/mol. The van der Waals surface area contributed by atoms with Crippen LogP contribution in [0.1, 0.15) is 17.7 Å². The zero-order valence-electron chi connectivity index (χ0n) is 8.86. The standard InChI is InChI=1S/C10H14N2O3/c1-12(13,14)9-6-11-8-5-3-4-7(8)10(9)15-2/h6,13H,3-5H2,1-2H3. The molecular formula is C10H14N2O3. The Bertz CT molecular complexity index is 385. The molecule has 0 saturated heterocycles. The summed E-state index contributed by atoms with van der Waals surface area (Å²) < 4.78 is 5.20. The van der Waals surface area contributed by atoms with Crippen molar-refractivity contribution in [2.45, 2.75) is 19.3 Å². The molecule has 0 spiro atoms. The van der Waals surface area contributed by atoms with Crippen LogP contribution in [0.15, 0.2) is 6.20 Å². The third-order valence-electron chi connectivity index (χ3n) is 2.69. The monoisotopic (exact) mass is 210 g/mol. The zero-order valence-corrected chi connectivity index (χ0v) is 8.86. The van der Waals surface area contributed by atoms with Crippen LogP contribution < -0.4 is 9.55 Å². The number of quaternary nitrogens is 1. The Hall–Kier alpha value is -1.17. The van der Waals surface area contributed by atoms with Crippen LogP contribution >= 0.6 is 0 Å². The van der Waals surface area contributed by atoms with Crippen molar-refractivity contribution in [2.24, 2.45) is 0 Å². The van der Waals surface area contributed by atoms with Crippen molar-refractivity contribution in [1.29, 1.82) is 0 Å². The van der Waals surface area contributed by atoms with Crippen LogP contribution in [0.4, 0.5) is 5.69 Å². The molecule has 5 nitrogen and oxygen atoms in total. The van der Waals surface area contributed by atoms with E-state index in [0.29, 0.717) is 5.75 Å². The molecule has 1 N–H and O–H groups in total. The Balaban J connectivity index is 2.58. The number of nitrogens with zero attached hydrogens (tertiary/aromatic N) is 2. The van der Waals surface area contributed by atoms with Crippen molar-refractivity contribution in [2.75, 3.05) is 14.2 Å². The highest BCUT2D eigenvalue weighted by Gasteiger charge is 2.26. The number of hydrogen-bond acceptors (Lipinski definition) is 4. The molecule has 1 atom stereocenters. The number of ether oxygens (including phenoxy) is 1. The molecule has 1 heterocycles. The Kier molecular flexibility index (Phi) is 2.38. The molecule has 1 aliphatic carbocycles. The van der Waals surface area contributed by atoms with Gasteiger partial charge in [0, 0.05) is 11.3 Å². The maximum Gasteiger partial charge on any atom is 0.226 e. The first-order valence-electron chi connectivity index (χ1n) is 4.89. The van der Waals surface area contributed by atoms with Crippen molar-refractivity contribution < 1.29 is 9.94 Å². The van der Waals surface area contributed by atoms with Gasteiger partial charge in [0.25, 0.3) is 0 Å². The number of pyridine rings is 1. The minimum Gasteiger partial charge on any atom is -0.593 e. The average molecular weight is 210 g/mol. The first-order valence-corrected chi connectivity index (χ1v) is 4.89. The average Bonchev–Trinajstić information content (AvgIpc) is 2.61. The molecule has 0 saturated carbocycles. The molecule has 82 valence electrons. The molecule has 0 amide bonds. The molecule has 1 aromatic rings. The second kappa shape index (κ2) is 3.44. The van der Waals surface area contributed by atoms with Gasteiger partial charge in [-0.3, -0.25) is 4.98 Å². The van der Waals surface area contributed by atoms with E-state index < -0.39 is 4.81 Å². The van der Waals surface area contributed by atoms with Gasteiger partial charge in [-0.05, 0) is 19.3 Å². The fraction of sp³-hybridized carbons (Fsp3) is 0.500. The first-order chi connectivity index (χ1) is 7.04. The van der Waals surface area contributed by atoms with Gasteiger partial charge in [0.2, 0.25) is 5.69 Å². The van der Waals surface area contributed by atoms with Crippen LogP contribution in [0.25, 0.3) is 0 Å². The van der Waals surface area contributed by atoms with E-state index in [1.807, 2.05) is 0 Å². The third-order valence-corrected chi connectivity index (χ3v) is 2.69. The summed E-state index contributed by atoms with van der Waals surface area (Å²) in [6.07, 6.45) is 4.20. The summed E-state index contributed by atoms with van der Waals surface area (Å²) in [5.74, 6) is 0.484. The number of methoxy groups -OCH3 is 1. The van der Waals surface area contributed by atoms with E-state index in [4.69, 9.17) is 4.74 Å². The number of aromatic nitrogens is 1. The summed E-state index contributed by atoms with van der Waals surface area (Å²) >= 11 is 0. The summed E-state index contributed by atoms with van der Waals surface area (Å²) in [6.45, 7) is 0. The van der Waals surface area contributed by atoms with Gasteiger partial charge in [-0.2, -0.15) is 4.81 Å². The molecule has 2 rings (SSSR count). The second-order valence-electron chi connectivity index (χ2n) is 3.83. The van der Waals surface area contributed by atoms with Gasteiger partial charge in [0.1, 0.15) is 7.05 Å². The first kappa shape index (κ1) is 10.4. The summed E-state index contributed by atoms with van der Waals surface area (Å²) in [7, 11) is 2.65. The summed E-state index contributed by atoms with van der Waals surface area (Å²) in [4.78, 5) is 2.68. The lowest BCUT2D eigenvalue weighted by molar-refractivity contribution is -0.00643. The van der Waals surface area contributed by atoms with Gasteiger partial charge in [0.15, 0.2) is 5.75 Å². The largest absolute Gasteiger partial charge is 0.593 e. The zero-order chi connectivity index (χ0) is 11.1. The highest BCUT2D eigenvalue weighted by atomic mass is 16.8. The Morgan fingerprint density at radius 3 is 2.87 bits per heavy atom. The Morgan fingerprint density at radius 1 is 1.53 bits per heavy atom. The van der Waals surface area contributed by atoms with Crippen LogP contribution in [0.3, 0.4) is 0 Å². The number of aryl methyl sites for hydroxylation is 1. The third kappa shape index (κ3) is 1.69. The fourth-order valence-electron chi connectivity index (χ4n) is 1.99. The van der Waals surface area contributed by atoms with Gasteiger partial charge < -0.3 is 9.94 Å². The molecule has 1 aromatic heterocycles. The lowest BCUT2D eigenvalue weighted by Crippen LogP contribution is -2.34. The van der Waals surface area contributed by atoms with Crippen molar-refractivity contribution in [3.63, 3.8) is 0 Å². The van der Waals surface area contributed by atoms with Crippen molar-refractivity contribution in [3.8, 4) is 5.75 Å². The maximum absolute atomic E-state index is 11.5. The van der Waals surface area contributed by atoms with E-state index in [-0.39, 0.29) is 5.69 Å². The Labute approximate surface area is 88.0 Å². The summed E-state index contributed by atoms with van der Waals surface area (Å²) in [5, 5.41) is 20.9. The molecule has 0 aromatic carbocycles. The Morgan fingerprint density at radius 2 is 2.27 bits per heavy atom. The maximum atomic E-state index is 11.5. The molecule has 0 fully saturated rings. The van der Waals surface area contributed by atoms with Crippen molar-refractivity contribution >= 4 is 5.69 Å². The molecule has 0 radical (unpaired) electrons. The van der Waals surface area contributed by atoms with Gasteiger partial charge in [0.05, 0.1) is 13.3 Å². The number of hydrogen-bond donors (Lipinski definition) is 1. The van der Waals surface area contributed by atoms with Crippen molar-refractivity contribution in [3.05, 3.63) is 22.7 Å². The lowest BCUT2D eigenvalue weighted by atomic mass is 10.2. The van der Waals surface area contributed by atoms with E-state index in [1.54, 1.807) is 0 Å². The molecular weight excluding hydrogens is 196 g/mol. The van der Waals surface area contributed by atoms with Crippen LogP contribution in [0, 0.1) is 5.21 Å². The van der Waals surface area contributed by atoms with Gasteiger partial charge in [-0.15, -0.1) is 0 Å². The highest BCUT2D eigenvalue weighted by molar-refractivity contribution is 5.59. The molecule has 0 aliphatic heterocycles. The smallest absolute Gasteiger partial charge is 0.226 e. The number of hydroxylamine groups is 2. The SMILES string of the molecule is COc1c([N+](C)([O-])O)cnc2c1CCC2. The van der Waals surface area contributed by atoms with Crippen LogP contribution in [-0.4, -0.2) is 24.3 Å². The molecule has 1 unspecified atom stereocenters. The minimum atomic E-state index is -1.50. The quantitative estimate of drug-likeness (QED) is 0.592. The normalized spacial score (nSPS) is 18.4. The minimum absolute atomic E-state index is 0.165. The molecule has 5 heteroatoms. The van der Waals surface area contributed by atoms with Gasteiger partial charge in [-0.1, -0.05) is 0 Å². The van der Waals surface area contributed by atoms with E-state index in [9.17, 15) is 10.4 Å². The summed E-state index contributed by atoms with van der Waals surface area (Å²) in [6, 6.07) is 0. The van der Waals surface area contributed by atoms with E-state index in [2.05, 4.69) is 4.98 Å². The van der Waals surface area contributed by atoms with Gasteiger partial charge >= 0.3 is 0 Å². The van der Waals surface area contributed by atoms with E-state index in [1.165, 1.54) is 13.3 Å². The van der Waals surface area contributed by atoms with E-state index in [0.717, 1.165) is 37.6 Å². The van der Waals surface area contributed by atoms with Crippen LogP contribution in [-0.2, 0) is 12.8 Å². The number of fused-ring (bicyclic) bond motifs is 1. The van der Waals surface area contributed by atoms with Crippen LogP contribution in [0.5, 0.6) is 5.75 Å². The van der Waals surface area contributed by atoms with Gasteiger partial charge in [-0.25, -0.2) is 5.21 Å². The summed E-state index contributed by atoms with van der Waals surface area (Å²) in [5.41, 5.74) is 2.10. The molecule has 0 bridgehead atoms. The number of rotatable bonds is 2. The topological polar surface area (TPSA) is 65.4 Å².